The monoisotopic (exact) mass is 530 g/mol. The van der Waals surface area contributed by atoms with E-state index in [0.29, 0.717) is 6.42 Å². The molecule has 1 saturated carbocycles. The Morgan fingerprint density at radius 1 is 1.27 bits per heavy atom. The highest BCUT2D eigenvalue weighted by atomic mass is 32.1. The number of β-amino-alcohol motifs (C(OH)–C–C–N with tert-alkyl or cyclic N) is 1. The molecule has 4 rings (SSSR count). The lowest BCUT2D eigenvalue weighted by molar-refractivity contribution is -0.145. The number of carbonyl (C=O) groups is 3. The second-order valence-electron chi connectivity index (χ2n) is 10.8. The number of likely N-dealkylation sites (tertiary alicyclic amines) is 1. The fraction of sp³-hybridized carbons (Fsp3) is 0.556. The average Bonchev–Trinajstić information content (AvgIpc) is 3.29. The number of aryl methyl sites for hydroxylation is 1. The summed E-state index contributed by atoms with van der Waals surface area (Å²) < 4.78 is 14.4. The molecule has 0 bridgehead atoms. The van der Waals surface area contributed by atoms with Gasteiger partial charge in [-0.05, 0) is 42.7 Å². The van der Waals surface area contributed by atoms with Gasteiger partial charge in [0, 0.05) is 19.5 Å². The quantitative estimate of drug-likeness (QED) is 0.461. The lowest BCUT2D eigenvalue weighted by Gasteiger charge is -2.37. The van der Waals surface area contributed by atoms with E-state index in [1.807, 2.05) is 52.0 Å². The molecule has 1 aromatic carbocycles. The molecule has 10 heteroatoms. The van der Waals surface area contributed by atoms with Gasteiger partial charge in [-0.25, -0.2) is 9.37 Å². The third-order valence-corrected chi connectivity index (χ3v) is 8.58. The largest absolute Gasteiger partial charge is 0.391 e. The molecule has 3 N–H and O–H groups in total. The molecular formula is C27H35FN4O4S. The molecule has 0 spiro atoms. The van der Waals surface area contributed by atoms with Crippen molar-refractivity contribution in [2.24, 2.45) is 5.41 Å². The molecule has 200 valence electrons. The van der Waals surface area contributed by atoms with Crippen LogP contribution in [-0.2, 0) is 20.9 Å². The normalized spacial score (nSPS) is 21.4. The van der Waals surface area contributed by atoms with Crippen LogP contribution in [0.3, 0.4) is 0 Å². The molecule has 37 heavy (non-hydrogen) atoms. The maximum Gasteiger partial charge on any atom is 0.258 e. The molecule has 2 fully saturated rings. The van der Waals surface area contributed by atoms with Gasteiger partial charge in [0.05, 0.1) is 22.2 Å². The van der Waals surface area contributed by atoms with E-state index >= 15 is 0 Å². The van der Waals surface area contributed by atoms with Gasteiger partial charge in [-0.3, -0.25) is 14.4 Å². The predicted octanol–water partition coefficient (Wildman–Crippen LogP) is 3.12. The number of carbonyl (C=O) groups excluding carboxylic acids is 3. The molecule has 0 radical (unpaired) electrons. The number of nitrogens with one attached hydrogen (secondary N) is 2. The highest BCUT2D eigenvalue weighted by Gasteiger charge is 2.53. The number of halogens is 1. The highest BCUT2D eigenvalue weighted by Crippen LogP contribution is 2.40. The van der Waals surface area contributed by atoms with E-state index in [1.54, 1.807) is 16.8 Å². The molecule has 3 amide bonds. The molecule has 1 aromatic heterocycles. The number of nitrogens with zero attached hydrogens (tertiary/aromatic N) is 2. The van der Waals surface area contributed by atoms with Gasteiger partial charge in [0.2, 0.25) is 11.8 Å². The van der Waals surface area contributed by atoms with Crippen LogP contribution in [0, 0.1) is 12.3 Å². The molecule has 2 aromatic rings. The van der Waals surface area contributed by atoms with E-state index in [1.165, 1.54) is 4.90 Å². The van der Waals surface area contributed by atoms with Crippen LogP contribution >= 0.6 is 11.3 Å². The molecular weight excluding hydrogens is 495 g/mol. The van der Waals surface area contributed by atoms with E-state index in [-0.39, 0.29) is 38.3 Å². The van der Waals surface area contributed by atoms with E-state index < -0.39 is 41.1 Å². The van der Waals surface area contributed by atoms with Crippen LogP contribution < -0.4 is 10.6 Å². The lowest BCUT2D eigenvalue weighted by atomic mass is 9.80. The molecule has 1 aliphatic carbocycles. The van der Waals surface area contributed by atoms with Gasteiger partial charge in [0.15, 0.2) is 5.67 Å². The highest BCUT2D eigenvalue weighted by molar-refractivity contribution is 7.13. The lowest BCUT2D eigenvalue weighted by Crippen LogP contribution is -2.59. The fourth-order valence-corrected chi connectivity index (χ4v) is 5.34. The van der Waals surface area contributed by atoms with Crippen LogP contribution in [0.15, 0.2) is 29.8 Å². The van der Waals surface area contributed by atoms with Crippen LogP contribution in [-0.4, -0.2) is 63.1 Å². The number of hydrogen-bond acceptors (Lipinski definition) is 6. The van der Waals surface area contributed by atoms with Crippen LogP contribution in [0.2, 0.25) is 0 Å². The molecule has 3 atom stereocenters. The van der Waals surface area contributed by atoms with E-state index in [9.17, 15) is 23.9 Å². The van der Waals surface area contributed by atoms with E-state index in [2.05, 4.69) is 15.6 Å². The third kappa shape index (κ3) is 5.85. The number of amides is 3. The van der Waals surface area contributed by atoms with Gasteiger partial charge >= 0.3 is 0 Å². The van der Waals surface area contributed by atoms with Crippen LogP contribution in [0.4, 0.5) is 4.39 Å². The number of aliphatic hydroxyl groups excluding tert-OH is 1. The minimum absolute atomic E-state index is 0.0211. The summed E-state index contributed by atoms with van der Waals surface area (Å²) in [6.07, 6.45) is 0.0720. The molecule has 2 heterocycles. The number of aromatic nitrogens is 1. The summed E-state index contributed by atoms with van der Waals surface area (Å²) in [5, 5.41) is 15.8. The zero-order valence-electron chi connectivity index (χ0n) is 21.7. The zero-order chi connectivity index (χ0) is 27.0. The fourth-order valence-electron chi connectivity index (χ4n) is 4.52. The van der Waals surface area contributed by atoms with Crippen LogP contribution in [0.5, 0.6) is 0 Å². The maximum atomic E-state index is 14.4. The van der Waals surface area contributed by atoms with Crippen molar-refractivity contribution >= 4 is 29.1 Å². The summed E-state index contributed by atoms with van der Waals surface area (Å²) >= 11 is 1.57. The second kappa shape index (κ2) is 10.5. The van der Waals surface area contributed by atoms with Crippen molar-refractivity contribution in [3.05, 3.63) is 41.0 Å². The zero-order valence-corrected chi connectivity index (χ0v) is 22.5. The van der Waals surface area contributed by atoms with Crippen LogP contribution in [0.1, 0.15) is 57.7 Å². The first-order valence-corrected chi connectivity index (χ1v) is 13.6. The number of benzene rings is 1. The molecule has 1 aliphatic heterocycles. The van der Waals surface area contributed by atoms with Gasteiger partial charge in [0.1, 0.15) is 12.1 Å². The Morgan fingerprint density at radius 2 is 1.95 bits per heavy atom. The predicted molar refractivity (Wildman–Crippen MR) is 139 cm³/mol. The van der Waals surface area contributed by atoms with E-state index in [4.69, 9.17) is 0 Å². The Labute approximate surface area is 220 Å². The standard InChI is InChI=1S/C27H35FN4O4S/c1-5-26(3,4)22(31-25(36)27(28)10-11-27)24(35)32-14-19(33)12-20(32)23(34)29-13-17-6-8-18(9-7-17)21-16(2)30-15-37-21/h6-9,15,19-20,22,33H,5,10-14H2,1-4H3,(H,29,34)(H,31,36)/t19-,20+,22-/m1/s1. The maximum absolute atomic E-state index is 14.4. The number of alkyl halides is 1. The SMILES string of the molecule is CCC(C)(C)[C@H](NC(=O)C1(F)CC1)C(=O)N1C[C@H](O)C[C@H]1C(=O)NCc1ccc(-c2scnc2C)cc1. The second-order valence-corrected chi connectivity index (χ2v) is 11.6. The first-order chi connectivity index (χ1) is 17.4. The molecule has 2 aliphatic rings. The topological polar surface area (TPSA) is 112 Å². The van der Waals surface area contributed by atoms with Gasteiger partial charge in [0.25, 0.3) is 5.91 Å². The van der Waals surface area contributed by atoms with Crippen molar-refractivity contribution in [1.29, 1.82) is 0 Å². The first-order valence-electron chi connectivity index (χ1n) is 12.7. The van der Waals surface area contributed by atoms with Gasteiger partial charge < -0.3 is 20.6 Å². The van der Waals surface area contributed by atoms with E-state index in [0.717, 1.165) is 21.7 Å². The van der Waals surface area contributed by atoms with Crippen molar-refractivity contribution in [3.63, 3.8) is 0 Å². The van der Waals surface area contributed by atoms with Crippen molar-refractivity contribution in [3.8, 4) is 10.4 Å². The molecule has 8 nitrogen and oxygen atoms in total. The van der Waals surface area contributed by atoms with Crippen LogP contribution in [0.25, 0.3) is 10.4 Å². The first kappa shape index (κ1) is 27.2. The Bertz CT molecular complexity index is 1160. The number of aliphatic hydroxyl groups is 1. The third-order valence-electron chi connectivity index (χ3n) is 7.60. The number of thiazole rings is 1. The van der Waals surface area contributed by atoms with Crippen molar-refractivity contribution in [2.45, 2.75) is 83.8 Å². The Hall–Kier alpha value is -2.85. The Balaban J connectivity index is 1.43. The number of hydrogen-bond donors (Lipinski definition) is 3. The molecule has 0 unspecified atom stereocenters. The number of rotatable bonds is 9. The van der Waals surface area contributed by atoms with Crippen molar-refractivity contribution in [2.75, 3.05) is 6.54 Å². The summed E-state index contributed by atoms with van der Waals surface area (Å²) in [6, 6.07) is 5.93. The van der Waals surface area contributed by atoms with Gasteiger partial charge in [-0.1, -0.05) is 45.0 Å². The Morgan fingerprint density at radius 3 is 2.51 bits per heavy atom. The molecule has 1 saturated heterocycles. The van der Waals surface area contributed by atoms with Gasteiger partial charge in [-0.2, -0.15) is 0 Å². The van der Waals surface area contributed by atoms with Crippen molar-refractivity contribution in [1.82, 2.24) is 20.5 Å². The summed E-state index contributed by atoms with van der Waals surface area (Å²) in [5.41, 5.74) is 2.13. The Kier molecular flexibility index (Phi) is 7.71. The summed E-state index contributed by atoms with van der Waals surface area (Å²) in [7, 11) is 0. The average molecular weight is 531 g/mol. The minimum atomic E-state index is -1.92. The van der Waals surface area contributed by atoms with Gasteiger partial charge in [-0.15, -0.1) is 11.3 Å². The smallest absolute Gasteiger partial charge is 0.258 e. The van der Waals surface area contributed by atoms with Crippen molar-refractivity contribution < 1.29 is 23.9 Å². The summed E-state index contributed by atoms with van der Waals surface area (Å²) in [4.78, 5) is 46.0. The minimum Gasteiger partial charge on any atom is -0.391 e. The summed E-state index contributed by atoms with van der Waals surface area (Å²) in [5.74, 6) is -1.65. The summed E-state index contributed by atoms with van der Waals surface area (Å²) in [6.45, 7) is 7.74.